The Labute approximate surface area is 260 Å². The molecule has 3 aliphatic rings. The molecule has 0 amide bonds. The van der Waals surface area contributed by atoms with Crippen LogP contribution >= 0.6 is 24.8 Å². The van der Waals surface area contributed by atoms with Crippen LogP contribution in [0.5, 0.6) is 0 Å². The van der Waals surface area contributed by atoms with E-state index in [1.807, 2.05) is 0 Å². The lowest BCUT2D eigenvalue weighted by molar-refractivity contribution is -0.146. The summed E-state index contributed by atoms with van der Waals surface area (Å²) in [6.45, 7) is 6.56. The van der Waals surface area contributed by atoms with Crippen molar-refractivity contribution in [3.8, 4) is 0 Å². The molecule has 1 fully saturated rings. The SMILES string of the molecule is COC(=O)C1CCNC(CN2Cc3ccccc3C2)C1.COC(=O)c1ccnc(CN2Cc3ccccc3C2)c1.Cl.Cl. The van der Waals surface area contributed by atoms with Crippen molar-refractivity contribution in [2.75, 3.05) is 27.3 Å². The van der Waals surface area contributed by atoms with E-state index in [4.69, 9.17) is 9.47 Å². The number of halogens is 2. The topological polar surface area (TPSA) is 84.0 Å². The van der Waals surface area contributed by atoms with Crippen molar-refractivity contribution < 1.29 is 19.1 Å². The van der Waals surface area contributed by atoms with E-state index in [0.29, 0.717) is 11.6 Å². The summed E-state index contributed by atoms with van der Waals surface area (Å²) in [5.41, 5.74) is 7.06. The second-order valence-electron chi connectivity index (χ2n) is 10.8. The van der Waals surface area contributed by atoms with Crippen LogP contribution < -0.4 is 5.32 Å². The summed E-state index contributed by atoms with van der Waals surface area (Å²) in [5.74, 6) is -0.309. The van der Waals surface area contributed by atoms with Crippen LogP contribution in [-0.2, 0) is 47.0 Å². The predicted molar refractivity (Wildman–Crippen MR) is 167 cm³/mol. The van der Waals surface area contributed by atoms with E-state index in [1.54, 1.807) is 18.3 Å². The van der Waals surface area contributed by atoms with Crippen molar-refractivity contribution in [1.29, 1.82) is 0 Å². The van der Waals surface area contributed by atoms with Gasteiger partial charge in [-0.15, -0.1) is 24.8 Å². The monoisotopic (exact) mass is 614 g/mol. The first kappa shape index (κ1) is 33.5. The van der Waals surface area contributed by atoms with Crippen molar-refractivity contribution in [3.63, 3.8) is 0 Å². The Morgan fingerprint density at radius 1 is 0.857 bits per heavy atom. The molecule has 0 radical (unpaired) electrons. The summed E-state index contributed by atoms with van der Waals surface area (Å²) < 4.78 is 9.61. The molecular weight excluding hydrogens is 575 g/mol. The van der Waals surface area contributed by atoms with Crippen molar-refractivity contribution in [3.05, 3.63) is 100 Å². The largest absolute Gasteiger partial charge is 0.469 e. The first-order chi connectivity index (χ1) is 19.5. The zero-order chi connectivity index (χ0) is 27.9. The van der Waals surface area contributed by atoms with Gasteiger partial charge in [0.15, 0.2) is 0 Å². The third-order valence-electron chi connectivity index (χ3n) is 7.94. The van der Waals surface area contributed by atoms with Gasteiger partial charge in [-0.25, -0.2) is 4.79 Å². The second kappa shape index (κ2) is 16.0. The van der Waals surface area contributed by atoms with Crippen molar-refractivity contribution in [1.82, 2.24) is 20.1 Å². The van der Waals surface area contributed by atoms with Crippen LogP contribution in [0.4, 0.5) is 0 Å². The van der Waals surface area contributed by atoms with Crippen LogP contribution in [0.1, 0.15) is 51.1 Å². The molecule has 1 saturated heterocycles. The summed E-state index contributed by atoms with van der Waals surface area (Å²) in [6, 6.07) is 21.0. The van der Waals surface area contributed by atoms with Gasteiger partial charge >= 0.3 is 11.9 Å². The van der Waals surface area contributed by atoms with Gasteiger partial charge in [-0.2, -0.15) is 0 Å². The molecule has 0 saturated carbocycles. The van der Waals surface area contributed by atoms with Gasteiger partial charge in [-0.3, -0.25) is 19.6 Å². The number of hydrogen-bond acceptors (Lipinski definition) is 8. The number of piperidine rings is 1. The highest BCUT2D eigenvalue weighted by Gasteiger charge is 2.30. The maximum atomic E-state index is 11.7. The first-order valence-electron chi connectivity index (χ1n) is 13.9. The minimum Gasteiger partial charge on any atom is -0.469 e. The van der Waals surface area contributed by atoms with Gasteiger partial charge in [-0.1, -0.05) is 48.5 Å². The van der Waals surface area contributed by atoms with Gasteiger partial charge in [-0.05, 0) is 53.8 Å². The molecule has 3 aliphatic heterocycles. The number of pyridine rings is 1. The van der Waals surface area contributed by atoms with Crippen LogP contribution in [0.25, 0.3) is 0 Å². The number of methoxy groups -OCH3 is 2. The Balaban J connectivity index is 0.000000220. The highest BCUT2D eigenvalue weighted by Crippen LogP contribution is 2.25. The normalized spacial score (nSPS) is 19.2. The van der Waals surface area contributed by atoms with Crippen molar-refractivity contribution in [2.45, 2.75) is 51.6 Å². The molecule has 6 rings (SSSR count). The fourth-order valence-electron chi connectivity index (χ4n) is 5.92. The number of hydrogen-bond donors (Lipinski definition) is 1. The van der Waals surface area contributed by atoms with Gasteiger partial charge in [0.05, 0.1) is 31.4 Å². The van der Waals surface area contributed by atoms with E-state index in [9.17, 15) is 9.59 Å². The number of fused-ring (bicyclic) bond motifs is 2. The number of carbonyl (C=O) groups excluding carboxylic acids is 2. The van der Waals surface area contributed by atoms with Crippen LogP contribution in [0.3, 0.4) is 0 Å². The van der Waals surface area contributed by atoms with E-state index in [0.717, 1.165) is 64.3 Å². The average molecular weight is 616 g/mol. The minimum absolute atomic E-state index is 0. The lowest BCUT2D eigenvalue weighted by Crippen LogP contribution is -2.46. The summed E-state index contributed by atoms with van der Waals surface area (Å²) in [7, 11) is 2.87. The Hall–Kier alpha value is -3.01. The van der Waals surface area contributed by atoms with Crippen LogP contribution in [0, 0.1) is 5.92 Å². The molecule has 42 heavy (non-hydrogen) atoms. The number of aromatic nitrogens is 1. The van der Waals surface area contributed by atoms with Crippen molar-refractivity contribution >= 4 is 36.8 Å². The number of carbonyl (C=O) groups is 2. The van der Waals surface area contributed by atoms with E-state index in [1.165, 1.54) is 36.5 Å². The predicted octanol–water partition coefficient (Wildman–Crippen LogP) is 4.77. The summed E-state index contributed by atoms with van der Waals surface area (Å²) >= 11 is 0. The van der Waals surface area contributed by atoms with Gasteiger partial charge in [0, 0.05) is 51.5 Å². The van der Waals surface area contributed by atoms with E-state index >= 15 is 0 Å². The second-order valence-corrected chi connectivity index (χ2v) is 10.8. The Kier molecular flexibility index (Phi) is 12.8. The van der Waals surface area contributed by atoms with E-state index in [-0.39, 0.29) is 42.7 Å². The number of benzene rings is 2. The number of ether oxygens (including phenoxy) is 2. The molecule has 4 heterocycles. The van der Waals surface area contributed by atoms with Gasteiger partial charge in [0.1, 0.15) is 0 Å². The zero-order valence-electron chi connectivity index (χ0n) is 24.2. The zero-order valence-corrected chi connectivity index (χ0v) is 25.8. The average Bonchev–Trinajstić information content (AvgIpc) is 3.59. The fraction of sp³-hybridized carbons (Fsp3) is 0.406. The lowest BCUT2D eigenvalue weighted by atomic mass is 9.92. The molecule has 2 unspecified atom stereocenters. The molecule has 0 aliphatic carbocycles. The van der Waals surface area contributed by atoms with Crippen molar-refractivity contribution in [2.24, 2.45) is 5.92 Å². The number of rotatable bonds is 6. The molecule has 2 atom stereocenters. The molecule has 2 aromatic carbocycles. The number of nitrogens with zero attached hydrogens (tertiary/aromatic N) is 3. The third kappa shape index (κ3) is 8.52. The maximum absolute atomic E-state index is 11.7. The first-order valence-corrected chi connectivity index (χ1v) is 13.9. The molecule has 1 N–H and O–H groups in total. The van der Waals surface area contributed by atoms with Gasteiger partial charge < -0.3 is 14.8 Å². The summed E-state index contributed by atoms with van der Waals surface area (Å²) in [5, 5.41) is 3.53. The lowest BCUT2D eigenvalue weighted by Gasteiger charge is -2.31. The molecular formula is C32H40Cl2N4O4. The quantitative estimate of drug-likeness (QED) is 0.398. The van der Waals surface area contributed by atoms with Crippen LogP contribution in [0.15, 0.2) is 66.9 Å². The molecule has 1 aromatic heterocycles. The Morgan fingerprint density at radius 3 is 1.98 bits per heavy atom. The molecule has 0 spiro atoms. The smallest absolute Gasteiger partial charge is 0.337 e. The Morgan fingerprint density at radius 2 is 1.43 bits per heavy atom. The van der Waals surface area contributed by atoms with Gasteiger partial charge in [0.25, 0.3) is 0 Å². The summed E-state index contributed by atoms with van der Waals surface area (Å²) in [6.07, 6.45) is 3.44. The number of nitrogens with one attached hydrogen (secondary N) is 1. The van der Waals surface area contributed by atoms with E-state index in [2.05, 4.69) is 68.6 Å². The summed E-state index contributed by atoms with van der Waals surface area (Å²) in [4.78, 5) is 32.3. The van der Waals surface area contributed by atoms with Crippen LogP contribution in [-0.4, -0.2) is 60.1 Å². The van der Waals surface area contributed by atoms with Gasteiger partial charge in [0.2, 0.25) is 0 Å². The van der Waals surface area contributed by atoms with Crippen LogP contribution in [0.2, 0.25) is 0 Å². The highest BCUT2D eigenvalue weighted by atomic mass is 35.5. The molecule has 226 valence electrons. The number of esters is 2. The molecule has 10 heteroatoms. The standard InChI is InChI=1S/C16H22N2O2.C16H16N2O2.2ClH/c2*1-20-16(19)12-6-7-17-15(8-12)11-18-9-13-4-2-3-5-14(13)10-18;;/h2-5,12,15,17H,6-11H2,1H3;2-8H,9-11H2,1H3;2*1H. The Bertz CT molecular complexity index is 1290. The maximum Gasteiger partial charge on any atom is 0.337 e. The minimum atomic E-state index is -0.321. The molecule has 3 aromatic rings. The van der Waals surface area contributed by atoms with E-state index < -0.39 is 0 Å². The third-order valence-corrected chi connectivity index (χ3v) is 7.94. The highest BCUT2D eigenvalue weighted by molar-refractivity contribution is 5.89. The molecule has 8 nitrogen and oxygen atoms in total. The molecule has 0 bridgehead atoms. The fourth-order valence-corrected chi connectivity index (χ4v) is 5.92.